The summed E-state index contributed by atoms with van der Waals surface area (Å²) in [6, 6.07) is 7.84. The van der Waals surface area contributed by atoms with Crippen molar-refractivity contribution in [2.24, 2.45) is 29.6 Å². The zero-order valence-corrected chi connectivity index (χ0v) is 11.7. The number of rotatable bonds is 2. The van der Waals surface area contributed by atoms with Crippen molar-refractivity contribution in [1.29, 1.82) is 0 Å². The van der Waals surface area contributed by atoms with Gasteiger partial charge >= 0.3 is 0 Å². The number of hydrogen-bond acceptors (Lipinski definition) is 1. The van der Waals surface area contributed by atoms with E-state index >= 15 is 0 Å². The number of carbonyl (C=O) groups excluding carboxylic acids is 1. The van der Waals surface area contributed by atoms with Crippen LogP contribution in [-0.2, 0) is 4.79 Å². The molecule has 0 aromatic heterocycles. The minimum absolute atomic E-state index is 0.254. The second kappa shape index (κ2) is 3.83. The SMILES string of the molecule is O=C(Nc1ccc(Br)cc1)C1[C@H]2[C@H]3CC[C@@H](C3)[C@H]12. The smallest absolute Gasteiger partial charge is 0.228 e. The van der Waals surface area contributed by atoms with Crippen LogP contribution in [0.25, 0.3) is 0 Å². The van der Waals surface area contributed by atoms with Gasteiger partial charge in [0.1, 0.15) is 0 Å². The lowest BCUT2D eigenvalue weighted by molar-refractivity contribution is -0.118. The van der Waals surface area contributed by atoms with E-state index in [1.54, 1.807) is 0 Å². The molecule has 3 fully saturated rings. The molecule has 18 heavy (non-hydrogen) atoms. The third kappa shape index (κ3) is 1.56. The van der Waals surface area contributed by atoms with Crippen LogP contribution in [0.15, 0.2) is 28.7 Å². The predicted octanol–water partition coefficient (Wildman–Crippen LogP) is 3.68. The van der Waals surface area contributed by atoms with Gasteiger partial charge in [-0.05, 0) is 67.2 Å². The van der Waals surface area contributed by atoms with Crippen molar-refractivity contribution in [1.82, 2.24) is 0 Å². The Kier molecular flexibility index (Phi) is 2.35. The fourth-order valence-electron chi connectivity index (χ4n) is 4.43. The van der Waals surface area contributed by atoms with Gasteiger partial charge in [0.05, 0.1) is 0 Å². The lowest BCUT2D eigenvalue weighted by Gasteiger charge is -2.09. The molecule has 1 amide bonds. The second-order valence-electron chi connectivity index (χ2n) is 6.01. The Hall–Kier alpha value is -0.830. The van der Waals surface area contributed by atoms with Gasteiger partial charge in [0, 0.05) is 16.1 Å². The Morgan fingerprint density at radius 3 is 2.33 bits per heavy atom. The van der Waals surface area contributed by atoms with E-state index in [-0.39, 0.29) is 5.91 Å². The van der Waals surface area contributed by atoms with E-state index in [1.807, 2.05) is 24.3 Å². The summed E-state index contributed by atoms with van der Waals surface area (Å²) in [6.45, 7) is 0. The maximum atomic E-state index is 12.3. The quantitative estimate of drug-likeness (QED) is 0.887. The largest absolute Gasteiger partial charge is 0.326 e. The summed E-state index contributed by atoms with van der Waals surface area (Å²) in [5.74, 6) is 3.74. The van der Waals surface area contributed by atoms with Gasteiger partial charge in [0.2, 0.25) is 5.91 Å². The fraction of sp³-hybridized carbons (Fsp3) is 0.533. The van der Waals surface area contributed by atoms with Crippen LogP contribution >= 0.6 is 15.9 Å². The van der Waals surface area contributed by atoms with Gasteiger partial charge in [-0.2, -0.15) is 0 Å². The van der Waals surface area contributed by atoms with E-state index in [0.29, 0.717) is 5.92 Å². The summed E-state index contributed by atoms with van der Waals surface area (Å²) in [5.41, 5.74) is 0.917. The first-order chi connectivity index (χ1) is 8.74. The van der Waals surface area contributed by atoms with Gasteiger partial charge in [-0.1, -0.05) is 15.9 Å². The van der Waals surface area contributed by atoms with Gasteiger partial charge in [0.15, 0.2) is 0 Å². The standard InChI is InChI=1S/C15H16BrNO/c16-10-3-5-11(6-4-10)17-15(18)14-12-8-1-2-9(7-8)13(12)14/h3-6,8-9,12-14H,1-2,7H2,(H,17,18)/t8-,9-,12-,13-/m0/s1. The van der Waals surface area contributed by atoms with Crippen molar-refractivity contribution in [3.63, 3.8) is 0 Å². The lowest BCUT2D eigenvalue weighted by Crippen LogP contribution is -2.18. The van der Waals surface area contributed by atoms with Gasteiger partial charge < -0.3 is 5.32 Å². The number of amides is 1. The highest BCUT2D eigenvalue weighted by atomic mass is 79.9. The van der Waals surface area contributed by atoms with Gasteiger partial charge in [0.25, 0.3) is 0 Å². The Labute approximate surface area is 115 Å². The van der Waals surface area contributed by atoms with E-state index < -0.39 is 0 Å². The molecule has 1 aromatic rings. The molecule has 0 saturated heterocycles. The predicted molar refractivity (Wildman–Crippen MR) is 74.1 cm³/mol. The number of carbonyl (C=O) groups is 1. The zero-order chi connectivity index (χ0) is 12.3. The van der Waals surface area contributed by atoms with E-state index in [2.05, 4.69) is 21.2 Å². The number of halogens is 1. The first kappa shape index (κ1) is 11.0. The molecule has 3 aliphatic rings. The van der Waals surface area contributed by atoms with Crippen molar-refractivity contribution in [3.8, 4) is 0 Å². The van der Waals surface area contributed by atoms with Crippen molar-refractivity contribution in [2.75, 3.05) is 5.32 Å². The number of nitrogens with one attached hydrogen (secondary N) is 1. The van der Waals surface area contributed by atoms with Crippen LogP contribution in [0.4, 0.5) is 5.69 Å². The first-order valence-electron chi connectivity index (χ1n) is 6.80. The summed E-state index contributed by atoms with van der Waals surface area (Å²) < 4.78 is 1.04. The molecule has 3 saturated carbocycles. The van der Waals surface area contributed by atoms with Gasteiger partial charge in [-0.15, -0.1) is 0 Å². The summed E-state index contributed by atoms with van der Waals surface area (Å²) in [4.78, 5) is 12.3. The highest BCUT2D eigenvalue weighted by Crippen LogP contribution is 2.69. The van der Waals surface area contributed by atoms with Gasteiger partial charge in [-0.3, -0.25) is 4.79 Å². The van der Waals surface area contributed by atoms with Gasteiger partial charge in [-0.25, -0.2) is 0 Å². The van der Waals surface area contributed by atoms with Crippen LogP contribution in [0.2, 0.25) is 0 Å². The Morgan fingerprint density at radius 1 is 1.11 bits per heavy atom. The van der Waals surface area contributed by atoms with E-state index in [1.165, 1.54) is 19.3 Å². The van der Waals surface area contributed by atoms with E-state index in [4.69, 9.17) is 0 Å². The average Bonchev–Trinajstić information content (AvgIpc) is 2.82. The lowest BCUT2D eigenvalue weighted by atomic mass is 10.0. The summed E-state index contributed by atoms with van der Waals surface area (Å²) in [5, 5.41) is 3.07. The van der Waals surface area contributed by atoms with Crippen molar-refractivity contribution in [2.45, 2.75) is 19.3 Å². The fourth-order valence-corrected chi connectivity index (χ4v) is 4.70. The molecule has 3 heteroatoms. The third-order valence-electron chi connectivity index (χ3n) is 5.15. The van der Waals surface area contributed by atoms with Crippen LogP contribution < -0.4 is 5.32 Å². The molecule has 2 nitrogen and oxygen atoms in total. The monoisotopic (exact) mass is 305 g/mol. The van der Waals surface area contributed by atoms with E-state index in [9.17, 15) is 4.79 Å². The minimum Gasteiger partial charge on any atom is -0.326 e. The molecule has 4 atom stereocenters. The van der Waals surface area contributed by atoms with Crippen LogP contribution in [0.5, 0.6) is 0 Å². The molecule has 1 aromatic carbocycles. The Morgan fingerprint density at radius 2 is 1.72 bits per heavy atom. The molecule has 0 aliphatic heterocycles. The molecule has 0 unspecified atom stereocenters. The molecule has 0 spiro atoms. The van der Waals surface area contributed by atoms with E-state index in [0.717, 1.165) is 33.8 Å². The number of anilines is 1. The first-order valence-corrected chi connectivity index (χ1v) is 7.60. The molecule has 3 aliphatic carbocycles. The number of fused-ring (bicyclic) bond motifs is 5. The normalized spacial score (nSPS) is 39.5. The second-order valence-corrected chi connectivity index (χ2v) is 6.93. The Bertz CT molecular complexity index is 482. The maximum absolute atomic E-state index is 12.3. The molecular weight excluding hydrogens is 290 g/mol. The summed E-state index contributed by atoms with van der Waals surface area (Å²) >= 11 is 3.40. The number of benzene rings is 1. The molecule has 0 radical (unpaired) electrons. The van der Waals surface area contributed by atoms with Crippen LogP contribution in [0, 0.1) is 29.6 Å². The molecule has 94 valence electrons. The maximum Gasteiger partial charge on any atom is 0.228 e. The summed E-state index contributed by atoms with van der Waals surface area (Å²) in [6.07, 6.45) is 4.14. The highest BCUT2D eigenvalue weighted by Gasteiger charge is 2.67. The zero-order valence-electron chi connectivity index (χ0n) is 10.1. The van der Waals surface area contributed by atoms with Crippen LogP contribution in [-0.4, -0.2) is 5.91 Å². The molecule has 0 heterocycles. The highest BCUT2D eigenvalue weighted by molar-refractivity contribution is 9.10. The molecule has 4 rings (SSSR count). The van der Waals surface area contributed by atoms with Crippen molar-refractivity contribution < 1.29 is 4.79 Å². The number of hydrogen-bond donors (Lipinski definition) is 1. The van der Waals surface area contributed by atoms with Crippen molar-refractivity contribution >= 4 is 27.5 Å². The van der Waals surface area contributed by atoms with Crippen LogP contribution in [0.3, 0.4) is 0 Å². The average molecular weight is 306 g/mol. The minimum atomic E-state index is 0.254. The van der Waals surface area contributed by atoms with Crippen LogP contribution in [0.1, 0.15) is 19.3 Å². The van der Waals surface area contributed by atoms with Crippen molar-refractivity contribution in [3.05, 3.63) is 28.7 Å². The molecular formula is C15H16BrNO. The summed E-state index contributed by atoms with van der Waals surface area (Å²) in [7, 11) is 0. The molecule has 1 N–H and O–H groups in total. The molecule has 2 bridgehead atoms. The third-order valence-corrected chi connectivity index (χ3v) is 5.68. The Balaban J connectivity index is 1.45. The topological polar surface area (TPSA) is 29.1 Å².